The number of aryl methyl sites for hydroxylation is 1. The molecule has 0 aliphatic carbocycles. The number of fused-ring (bicyclic) bond motifs is 3. The molecule has 0 radical (unpaired) electrons. The number of benzene rings is 1. The molecule has 1 amide bonds. The smallest absolute Gasteiger partial charge is 0.337 e. The summed E-state index contributed by atoms with van der Waals surface area (Å²) in [7, 11) is -0.0940. The van der Waals surface area contributed by atoms with Crippen LogP contribution in [0, 0.1) is 5.82 Å². The maximum absolute atomic E-state index is 15.6. The van der Waals surface area contributed by atoms with Crippen molar-refractivity contribution in [2.45, 2.75) is 38.3 Å². The maximum atomic E-state index is 15.6. The maximum Gasteiger partial charge on any atom is 0.337 e. The summed E-state index contributed by atoms with van der Waals surface area (Å²) in [5, 5.41) is 0.00466. The Kier molecular flexibility index (Phi) is 7.85. The molecule has 4 heterocycles. The quantitative estimate of drug-likeness (QED) is 0.339. The molecular weight excluding hydrogens is 549 g/mol. The monoisotopic (exact) mass is 575 g/mol. The second-order valence-electron chi connectivity index (χ2n) is 9.27. The summed E-state index contributed by atoms with van der Waals surface area (Å²) in [4.78, 5) is 36.0. The molecule has 2 aliphatic heterocycles. The zero-order valence-corrected chi connectivity index (χ0v) is 23.0. The number of carbonyl (C=O) groups excluding carboxylic acids is 2. The Morgan fingerprint density at radius 2 is 2.00 bits per heavy atom. The SMILES string of the molecule is COC(=O)c1ccc(C2c3c(nc4n3CCCC4)CCN2C(=O)COc2ccc(NS(C)=O)nc2Cl)c(F)c1. The van der Waals surface area contributed by atoms with Gasteiger partial charge in [0.15, 0.2) is 17.5 Å². The van der Waals surface area contributed by atoms with Crippen LogP contribution in [0.25, 0.3) is 0 Å². The van der Waals surface area contributed by atoms with E-state index in [0.29, 0.717) is 18.8 Å². The Bertz CT molecular complexity index is 1460. The standard InChI is InChI=1S/C26H27ClFN5O5S/c1-37-26(35)15-6-7-16(17(28)13-15)23-24-18(29-21-5-3-4-11-32(21)24)10-12-33(23)22(34)14-38-19-8-9-20(30-25(19)27)31-39(2)36/h6-9,13,23H,3-5,10-12,14H2,1-2H3,(H,30,31). The van der Waals surface area contributed by atoms with Gasteiger partial charge in [-0.05, 0) is 37.1 Å². The predicted octanol–water partition coefficient (Wildman–Crippen LogP) is 3.45. The number of aromatic nitrogens is 3. The minimum Gasteiger partial charge on any atom is -0.481 e. The van der Waals surface area contributed by atoms with Gasteiger partial charge >= 0.3 is 5.97 Å². The van der Waals surface area contributed by atoms with Crippen LogP contribution in [0.3, 0.4) is 0 Å². The van der Waals surface area contributed by atoms with Crippen LogP contribution in [0.2, 0.25) is 5.15 Å². The second-order valence-corrected chi connectivity index (χ2v) is 10.7. The number of imidazole rings is 1. The van der Waals surface area contributed by atoms with Gasteiger partial charge < -0.3 is 18.9 Å². The Hall–Kier alpha value is -3.51. The van der Waals surface area contributed by atoms with Crippen molar-refractivity contribution in [1.29, 1.82) is 0 Å². The molecule has 0 fully saturated rings. The zero-order valence-electron chi connectivity index (χ0n) is 21.4. The molecule has 0 saturated heterocycles. The van der Waals surface area contributed by atoms with Gasteiger partial charge in [0.05, 0.1) is 24.1 Å². The largest absolute Gasteiger partial charge is 0.481 e. The minimum absolute atomic E-state index is 0.00466. The normalized spacial score (nSPS) is 17.1. The zero-order chi connectivity index (χ0) is 27.7. The van der Waals surface area contributed by atoms with Crippen molar-refractivity contribution in [3.05, 3.63) is 69.6 Å². The molecule has 0 saturated carbocycles. The number of amides is 1. The van der Waals surface area contributed by atoms with Crippen LogP contribution in [-0.2, 0) is 39.9 Å². The number of esters is 1. The molecule has 1 aromatic carbocycles. The van der Waals surface area contributed by atoms with E-state index in [1.807, 2.05) is 0 Å². The van der Waals surface area contributed by atoms with E-state index in [2.05, 4.69) is 14.3 Å². The van der Waals surface area contributed by atoms with Crippen molar-refractivity contribution in [1.82, 2.24) is 19.4 Å². The molecule has 206 valence electrons. The Morgan fingerprint density at radius 1 is 1.18 bits per heavy atom. The number of carbonyl (C=O) groups is 2. The molecule has 0 spiro atoms. The Morgan fingerprint density at radius 3 is 2.72 bits per heavy atom. The number of methoxy groups -OCH3 is 1. The van der Waals surface area contributed by atoms with E-state index in [1.54, 1.807) is 11.0 Å². The molecule has 2 aromatic heterocycles. The molecule has 0 bridgehead atoms. The highest BCUT2D eigenvalue weighted by Crippen LogP contribution is 2.39. The van der Waals surface area contributed by atoms with Gasteiger partial charge in [0.25, 0.3) is 5.91 Å². The van der Waals surface area contributed by atoms with Gasteiger partial charge in [-0.15, -0.1) is 0 Å². The van der Waals surface area contributed by atoms with Gasteiger partial charge in [-0.1, -0.05) is 17.7 Å². The molecule has 5 rings (SSSR count). The molecule has 3 aromatic rings. The number of hydrogen-bond donors (Lipinski definition) is 1. The van der Waals surface area contributed by atoms with Crippen LogP contribution in [0.15, 0.2) is 30.3 Å². The van der Waals surface area contributed by atoms with E-state index in [1.165, 1.54) is 31.6 Å². The fraction of sp³-hybridized carbons (Fsp3) is 0.385. The lowest BCUT2D eigenvalue weighted by atomic mass is 9.93. The van der Waals surface area contributed by atoms with Crippen molar-refractivity contribution >= 4 is 40.3 Å². The average molecular weight is 576 g/mol. The van der Waals surface area contributed by atoms with Gasteiger partial charge in [0.2, 0.25) is 0 Å². The van der Waals surface area contributed by atoms with Gasteiger partial charge in [-0.25, -0.2) is 23.4 Å². The van der Waals surface area contributed by atoms with Crippen LogP contribution in [0.4, 0.5) is 10.2 Å². The van der Waals surface area contributed by atoms with Crippen LogP contribution >= 0.6 is 11.6 Å². The topological polar surface area (TPSA) is 116 Å². The van der Waals surface area contributed by atoms with Crippen molar-refractivity contribution in [3.63, 3.8) is 0 Å². The fourth-order valence-electron chi connectivity index (χ4n) is 5.09. The van der Waals surface area contributed by atoms with E-state index in [9.17, 15) is 13.8 Å². The van der Waals surface area contributed by atoms with Crippen molar-refractivity contribution in [2.24, 2.45) is 0 Å². The van der Waals surface area contributed by atoms with Crippen molar-refractivity contribution < 1.29 is 27.7 Å². The molecule has 39 heavy (non-hydrogen) atoms. The van der Waals surface area contributed by atoms with Gasteiger partial charge in [0.1, 0.15) is 34.5 Å². The lowest BCUT2D eigenvalue weighted by Gasteiger charge is -2.37. The molecular formula is C26H27ClFN5O5S. The number of anilines is 1. The molecule has 2 unspecified atom stereocenters. The molecule has 10 nitrogen and oxygen atoms in total. The number of pyridine rings is 1. The number of ether oxygens (including phenoxy) is 2. The van der Waals surface area contributed by atoms with Crippen LogP contribution in [-0.4, -0.2) is 62.0 Å². The highest BCUT2D eigenvalue weighted by Gasteiger charge is 2.39. The first-order valence-corrected chi connectivity index (χ1v) is 14.3. The number of nitrogens with zero attached hydrogens (tertiary/aromatic N) is 4. The third-order valence-electron chi connectivity index (χ3n) is 6.80. The summed E-state index contributed by atoms with van der Waals surface area (Å²) in [5.74, 6) is -0.217. The summed E-state index contributed by atoms with van der Waals surface area (Å²) in [6, 6.07) is 6.47. The van der Waals surface area contributed by atoms with E-state index in [0.717, 1.165) is 49.1 Å². The van der Waals surface area contributed by atoms with Crippen LogP contribution in [0.5, 0.6) is 5.75 Å². The third-order valence-corrected chi connectivity index (χ3v) is 7.57. The first-order chi connectivity index (χ1) is 18.8. The molecule has 1 N–H and O–H groups in total. The number of rotatable bonds is 7. The highest BCUT2D eigenvalue weighted by atomic mass is 35.5. The second kappa shape index (κ2) is 11.3. The average Bonchev–Trinajstić information content (AvgIpc) is 3.30. The minimum atomic E-state index is -1.33. The fourth-order valence-corrected chi connectivity index (χ4v) is 5.70. The van der Waals surface area contributed by atoms with Crippen LogP contribution in [0.1, 0.15) is 52.0 Å². The molecule has 2 aliphatic rings. The number of hydrogen-bond acceptors (Lipinski definition) is 7. The molecule has 13 heteroatoms. The molecule has 2 atom stereocenters. The summed E-state index contributed by atoms with van der Waals surface area (Å²) >= 11 is 6.21. The van der Waals surface area contributed by atoms with Gasteiger partial charge in [-0.3, -0.25) is 9.52 Å². The van der Waals surface area contributed by atoms with Crippen molar-refractivity contribution in [2.75, 3.05) is 31.2 Å². The summed E-state index contributed by atoms with van der Waals surface area (Å²) in [5.41, 5.74) is 1.98. The summed E-state index contributed by atoms with van der Waals surface area (Å²) in [6.07, 6.45) is 4.79. The summed E-state index contributed by atoms with van der Waals surface area (Å²) < 4.78 is 42.1. The highest BCUT2D eigenvalue weighted by molar-refractivity contribution is 7.85. The third kappa shape index (κ3) is 5.48. The first kappa shape index (κ1) is 27.1. The van der Waals surface area contributed by atoms with Crippen molar-refractivity contribution in [3.8, 4) is 5.75 Å². The predicted molar refractivity (Wildman–Crippen MR) is 143 cm³/mol. The van der Waals surface area contributed by atoms with E-state index in [4.69, 9.17) is 26.1 Å². The Balaban J connectivity index is 1.46. The lowest BCUT2D eigenvalue weighted by Crippen LogP contribution is -2.44. The van der Waals surface area contributed by atoms with Gasteiger partial charge in [0, 0.05) is 37.8 Å². The Labute approximate surface area is 232 Å². The number of nitrogens with one attached hydrogen (secondary N) is 1. The summed E-state index contributed by atoms with van der Waals surface area (Å²) in [6.45, 7) is 0.688. The lowest BCUT2D eigenvalue weighted by molar-refractivity contribution is -0.135. The number of halogens is 2. The van der Waals surface area contributed by atoms with Crippen LogP contribution < -0.4 is 9.46 Å². The van der Waals surface area contributed by atoms with Gasteiger partial charge in [-0.2, -0.15) is 0 Å². The first-order valence-electron chi connectivity index (χ1n) is 12.4. The van der Waals surface area contributed by atoms with E-state index < -0.39 is 28.8 Å². The van der Waals surface area contributed by atoms with E-state index >= 15 is 4.39 Å². The van der Waals surface area contributed by atoms with E-state index in [-0.39, 0.29) is 34.5 Å².